The number of carbonyl (C=O) groups is 1. The first kappa shape index (κ1) is 13.2. The van der Waals surface area contributed by atoms with Gasteiger partial charge in [0.1, 0.15) is 0 Å². The minimum Gasteiger partial charge on any atom is -0.545 e. The fourth-order valence-electron chi connectivity index (χ4n) is 1.35. The number of rotatable bonds is 8. The van der Waals surface area contributed by atoms with Crippen LogP contribution in [0.2, 0.25) is 0 Å². The highest BCUT2D eigenvalue weighted by atomic mass is 16.4. The van der Waals surface area contributed by atoms with Crippen LogP contribution in [0.25, 0.3) is 0 Å². The van der Waals surface area contributed by atoms with E-state index in [0.717, 1.165) is 18.8 Å². The van der Waals surface area contributed by atoms with Crippen molar-refractivity contribution in [3.05, 3.63) is 12.2 Å². The van der Waals surface area contributed by atoms with Crippen molar-refractivity contribution < 1.29 is 9.90 Å². The molecule has 0 saturated heterocycles. The zero-order valence-electron chi connectivity index (χ0n) is 9.34. The third-order valence-corrected chi connectivity index (χ3v) is 2.30. The molecule has 0 aliphatic carbocycles. The second-order valence-electron chi connectivity index (χ2n) is 4.24. The first-order valence-electron chi connectivity index (χ1n) is 5.43. The topological polar surface area (TPSA) is 40.1 Å². The summed E-state index contributed by atoms with van der Waals surface area (Å²) in [6.07, 6.45) is 6.29. The van der Waals surface area contributed by atoms with E-state index in [1.54, 1.807) is 0 Å². The second-order valence-corrected chi connectivity index (χ2v) is 4.24. The molecular weight excluding hydrogens is 176 g/mol. The molecule has 0 fully saturated rings. The Morgan fingerprint density at radius 3 is 2.29 bits per heavy atom. The lowest BCUT2D eigenvalue weighted by Gasteiger charge is -2.06. The van der Waals surface area contributed by atoms with Crippen LogP contribution in [0.3, 0.4) is 0 Å². The van der Waals surface area contributed by atoms with Crippen LogP contribution in [0, 0.1) is 5.92 Å². The van der Waals surface area contributed by atoms with Gasteiger partial charge in [-0.1, -0.05) is 46.1 Å². The maximum atomic E-state index is 10.3. The Morgan fingerprint density at radius 1 is 1.21 bits per heavy atom. The predicted molar refractivity (Wildman–Crippen MR) is 56.7 cm³/mol. The van der Waals surface area contributed by atoms with E-state index in [1.165, 1.54) is 19.3 Å². The summed E-state index contributed by atoms with van der Waals surface area (Å²) < 4.78 is 0. The van der Waals surface area contributed by atoms with Gasteiger partial charge in [0, 0.05) is 0 Å². The van der Waals surface area contributed by atoms with Crippen molar-refractivity contribution in [3.63, 3.8) is 0 Å². The van der Waals surface area contributed by atoms with Crippen molar-refractivity contribution in [3.8, 4) is 0 Å². The molecule has 0 heterocycles. The summed E-state index contributed by atoms with van der Waals surface area (Å²) in [4.78, 5) is 10.3. The molecule has 0 amide bonds. The van der Waals surface area contributed by atoms with Crippen LogP contribution in [0.5, 0.6) is 0 Å². The van der Waals surface area contributed by atoms with Crippen LogP contribution in [-0.2, 0) is 4.79 Å². The average molecular weight is 197 g/mol. The van der Waals surface area contributed by atoms with Crippen molar-refractivity contribution in [2.24, 2.45) is 5.92 Å². The lowest BCUT2D eigenvalue weighted by molar-refractivity contribution is -0.299. The van der Waals surface area contributed by atoms with Crippen molar-refractivity contribution in [2.45, 2.75) is 52.4 Å². The molecule has 0 aliphatic rings. The maximum absolute atomic E-state index is 10.3. The Hall–Kier alpha value is -0.790. The van der Waals surface area contributed by atoms with Gasteiger partial charge >= 0.3 is 0 Å². The van der Waals surface area contributed by atoms with Crippen molar-refractivity contribution in [2.75, 3.05) is 0 Å². The van der Waals surface area contributed by atoms with Gasteiger partial charge in [0.2, 0.25) is 0 Å². The van der Waals surface area contributed by atoms with Gasteiger partial charge in [-0.25, -0.2) is 0 Å². The second kappa shape index (κ2) is 7.60. The molecule has 0 radical (unpaired) electrons. The quantitative estimate of drug-likeness (QED) is 0.442. The van der Waals surface area contributed by atoms with E-state index in [2.05, 4.69) is 20.4 Å². The third kappa shape index (κ3) is 7.84. The van der Waals surface area contributed by atoms with Gasteiger partial charge in [0.05, 0.1) is 5.97 Å². The Kier molecular flexibility index (Phi) is 7.17. The van der Waals surface area contributed by atoms with Crippen LogP contribution in [-0.4, -0.2) is 5.97 Å². The molecule has 14 heavy (non-hydrogen) atoms. The summed E-state index contributed by atoms with van der Waals surface area (Å²) in [6.45, 7) is 7.88. The molecule has 0 bridgehead atoms. The molecule has 2 heteroatoms. The first-order valence-corrected chi connectivity index (χ1v) is 5.43. The van der Waals surface area contributed by atoms with Crippen molar-refractivity contribution in [1.29, 1.82) is 0 Å². The lowest BCUT2D eigenvalue weighted by atomic mass is 10.0. The predicted octanol–water partition coefficient (Wildman–Crippen LogP) is 2.29. The van der Waals surface area contributed by atoms with Gasteiger partial charge in [-0.2, -0.15) is 0 Å². The minimum absolute atomic E-state index is 0.230. The number of aliphatic carboxylic acids is 1. The summed E-state index contributed by atoms with van der Waals surface area (Å²) in [5.41, 5.74) is 0.230. The van der Waals surface area contributed by atoms with E-state index in [9.17, 15) is 9.90 Å². The summed E-state index contributed by atoms with van der Waals surface area (Å²) in [5.74, 6) is -0.333. The molecule has 0 atom stereocenters. The first-order chi connectivity index (χ1) is 6.54. The highest BCUT2D eigenvalue weighted by Gasteiger charge is 1.97. The number of carbonyl (C=O) groups excluding carboxylic acids is 1. The van der Waals surface area contributed by atoms with Crippen LogP contribution >= 0.6 is 0 Å². The maximum Gasteiger partial charge on any atom is 0.0668 e. The molecule has 2 nitrogen and oxygen atoms in total. The van der Waals surface area contributed by atoms with Crippen LogP contribution < -0.4 is 5.11 Å². The van der Waals surface area contributed by atoms with Gasteiger partial charge in [0.25, 0.3) is 0 Å². The fraction of sp³-hybridized carbons (Fsp3) is 0.750. The van der Waals surface area contributed by atoms with E-state index in [0.29, 0.717) is 6.42 Å². The van der Waals surface area contributed by atoms with Crippen molar-refractivity contribution >= 4 is 5.97 Å². The Bertz CT molecular complexity index is 183. The third-order valence-electron chi connectivity index (χ3n) is 2.30. The van der Waals surface area contributed by atoms with Gasteiger partial charge < -0.3 is 9.90 Å². The molecule has 0 aromatic carbocycles. The molecule has 82 valence electrons. The number of carboxylic acids is 1. The highest BCUT2D eigenvalue weighted by molar-refractivity contribution is 5.83. The Labute approximate surface area is 87.0 Å². The molecule has 0 N–H and O–H groups in total. The number of unbranched alkanes of at least 4 members (excludes halogenated alkanes) is 3. The molecule has 0 aromatic heterocycles. The van der Waals surface area contributed by atoms with E-state index in [4.69, 9.17) is 0 Å². The van der Waals surface area contributed by atoms with Gasteiger partial charge in [-0.3, -0.25) is 0 Å². The molecule has 0 aromatic rings. The smallest absolute Gasteiger partial charge is 0.0668 e. The number of carboxylic acid groups (broad SMARTS) is 1. The Balaban J connectivity index is 3.22. The van der Waals surface area contributed by atoms with Gasteiger partial charge in [-0.05, 0) is 24.3 Å². The van der Waals surface area contributed by atoms with E-state index < -0.39 is 5.97 Å². The number of hydrogen-bond donors (Lipinski definition) is 0. The zero-order chi connectivity index (χ0) is 11.0. The average Bonchev–Trinajstić information content (AvgIpc) is 2.09. The monoisotopic (exact) mass is 197 g/mol. The van der Waals surface area contributed by atoms with Gasteiger partial charge in [-0.15, -0.1) is 0 Å². The molecule has 0 unspecified atom stereocenters. The van der Waals surface area contributed by atoms with E-state index in [1.807, 2.05) is 0 Å². The highest BCUT2D eigenvalue weighted by Crippen LogP contribution is 2.12. The number of hydrogen-bond acceptors (Lipinski definition) is 2. The standard InChI is InChI=1S/C12H22O2/c1-10(2)8-6-4-5-7-9-11(3)12(13)14/h10H,3-9H2,1-2H3,(H,13,14)/p-1. The summed E-state index contributed by atoms with van der Waals surface area (Å²) in [7, 11) is 0. The van der Waals surface area contributed by atoms with Crippen LogP contribution in [0.15, 0.2) is 12.2 Å². The molecule has 0 spiro atoms. The summed E-state index contributed by atoms with van der Waals surface area (Å²) in [6, 6.07) is 0. The van der Waals surface area contributed by atoms with E-state index in [-0.39, 0.29) is 5.57 Å². The van der Waals surface area contributed by atoms with Crippen LogP contribution in [0.1, 0.15) is 52.4 Å². The van der Waals surface area contributed by atoms with Crippen LogP contribution in [0.4, 0.5) is 0 Å². The fourth-order valence-corrected chi connectivity index (χ4v) is 1.35. The lowest BCUT2D eigenvalue weighted by Crippen LogP contribution is -2.23. The molecule has 0 aliphatic heterocycles. The molecule has 0 rings (SSSR count). The largest absolute Gasteiger partial charge is 0.545 e. The summed E-state index contributed by atoms with van der Waals surface area (Å²) in [5, 5.41) is 10.3. The SMILES string of the molecule is C=C(CCCCCCC(C)C)C(=O)[O-]. The molecule has 0 saturated carbocycles. The Morgan fingerprint density at radius 2 is 1.79 bits per heavy atom. The zero-order valence-corrected chi connectivity index (χ0v) is 9.34. The molecular formula is C12H21O2-. The van der Waals surface area contributed by atoms with Crippen molar-refractivity contribution in [1.82, 2.24) is 0 Å². The summed E-state index contributed by atoms with van der Waals surface area (Å²) >= 11 is 0. The van der Waals surface area contributed by atoms with Gasteiger partial charge in [0.15, 0.2) is 0 Å². The van der Waals surface area contributed by atoms with E-state index >= 15 is 0 Å². The normalized spacial score (nSPS) is 10.5. The minimum atomic E-state index is -1.10.